The number of esters is 1. The van der Waals surface area contributed by atoms with Gasteiger partial charge in [0.1, 0.15) is 12.2 Å². The Morgan fingerprint density at radius 3 is 1.18 bits per heavy atom. The molecule has 1 aromatic rings. The standard InChI is InChI=1S/C8H6O4.C7H12O2.2C3H8O3/c9-7(10)5-3-1-2-4-6(5)8(11)12;1-5(2)6(3)7(8)9-4;2*4-1-3(6)2-5/h1-4H,(H,9,10)(H,11,12);1-4H3;2*3-6H,1-2H2. The van der Waals surface area contributed by atoms with Gasteiger partial charge in [0, 0.05) is 5.57 Å². The van der Waals surface area contributed by atoms with Crippen molar-refractivity contribution in [1.29, 1.82) is 0 Å². The zero-order chi connectivity index (χ0) is 26.6. The molecular weight excluding hydrogens is 444 g/mol. The first-order chi connectivity index (χ1) is 15.3. The number of allylic oxidation sites excluding steroid dienone is 1. The Bertz CT molecular complexity index is 675. The van der Waals surface area contributed by atoms with Gasteiger partial charge in [-0.15, -0.1) is 0 Å². The van der Waals surface area contributed by atoms with Crippen molar-refractivity contribution in [3.63, 3.8) is 0 Å². The molecule has 0 spiro atoms. The highest BCUT2D eigenvalue weighted by Gasteiger charge is 2.13. The molecule has 0 aromatic heterocycles. The van der Waals surface area contributed by atoms with Crippen LogP contribution in [0.4, 0.5) is 0 Å². The van der Waals surface area contributed by atoms with Gasteiger partial charge < -0.3 is 45.6 Å². The van der Waals surface area contributed by atoms with E-state index in [-0.39, 0.29) is 43.5 Å². The number of ether oxygens (including phenoxy) is 1. The van der Waals surface area contributed by atoms with Crippen molar-refractivity contribution in [2.24, 2.45) is 0 Å². The molecule has 8 N–H and O–H groups in total. The number of hydrogen-bond acceptors (Lipinski definition) is 10. The van der Waals surface area contributed by atoms with Crippen LogP contribution in [-0.2, 0) is 9.53 Å². The van der Waals surface area contributed by atoms with Gasteiger partial charge >= 0.3 is 17.9 Å². The molecule has 0 unspecified atom stereocenters. The molecule has 190 valence electrons. The van der Waals surface area contributed by atoms with E-state index in [1.807, 2.05) is 13.8 Å². The average molecular weight is 478 g/mol. The number of aliphatic hydroxyl groups excluding tert-OH is 6. The van der Waals surface area contributed by atoms with Gasteiger partial charge in [0.15, 0.2) is 0 Å². The van der Waals surface area contributed by atoms with E-state index in [4.69, 9.17) is 40.9 Å². The fourth-order valence-electron chi connectivity index (χ4n) is 1.33. The van der Waals surface area contributed by atoms with Gasteiger partial charge in [-0.05, 0) is 32.9 Å². The second-order valence-corrected chi connectivity index (χ2v) is 6.31. The lowest BCUT2D eigenvalue weighted by Gasteiger charge is -1.98. The quantitative estimate of drug-likeness (QED) is 0.179. The summed E-state index contributed by atoms with van der Waals surface area (Å²) in [6, 6.07) is 5.48. The van der Waals surface area contributed by atoms with Gasteiger partial charge in [-0.2, -0.15) is 0 Å². The van der Waals surface area contributed by atoms with Crippen LogP contribution in [0.3, 0.4) is 0 Å². The molecule has 0 radical (unpaired) electrons. The van der Waals surface area contributed by atoms with E-state index in [2.05, 4.69) is 4.74 Å². The Morgan fingerprint density at radius 1 is 0.758 bits per heavy atom. The minimum Gasteiger partial charge on any atom is -0.478 e. The largest absolute Gasteiger partial charge is 0.478 e. The first kappa shape index (κ1) is 34.7. The van der Waals surface area contributed by atoms with Crippen molar-refractivity contribution in [2.45, 2.75) is 33.0 Å². The van der Waals surface area contributed by atoms with Gasteiger partial charge in [0.25, 0.3) is 0 Å². The summed E-state index contributed by atoms with van der Waals surface area (Å²) in [6.07, 6.45) is -1.91. The van der Waals surface area contributed by atoms with E-state index in [1.165, 1.54) is 31.4 Å². The number of carboxylic acid groups (broad SMARTS) is 2. The van der Waals surface area contributed by atoms with Crippen LogP contribution in [0, 0.1) is 0 Å². The van der Waals surface area contributed by atoms with Crippen LogP contribution in [0.2, 0.25) is 0 Å². The highest BCUT2D eigenvalue weighted by Crippen LogP contribution is 2.07. The van der Waals surface area contributed by atoms with Crippen LogP contribution in [0.5, 0.6) is 0 Å². The van der Waals surface area contributed by atoms with Crippen molar-refractivity contribution in [3.8, 4) is 0 Å². The summed E-state index contributed by atoms with van der Waals surface area (Å²) < 4.78 is 4.48. The lowest BCUT2D eigenvalue weighted by Crippen LogP contribution is -2.15. The normalized spacial score (nSPS) is 9.33. The number of rotatable bonds is 7. The predicted octanol–water partition coefficient (Wildman–Crippen LogP) is -0.737. The van der Waals surface area contributed by atoms with Crippen molar-refractivity contribution in [3.05, 3.63) is 46.5 Å². The Balaban J connectivity index is -0.000000383. The third kappa shape index (κ3) is 18.4. The SMILES string of the molecule is COC(=O)C(C)=C(C)C.O=C(O)c1ccccc1C(=O)O.OCC(O)CO.OCC(O)CO. The van der Waals surface area contributed by atoms with Crippen LogP contribution in [0.25, 0.3) is 0 Å². The smallest absolute Gasteiger partial charge is 0.336 e. The highest BCUT2D eigenvalue weighted by molar-refractivity contribution is 6.01. The topological polar surface area (TPSA) is 222 Å². The maximum Gasteiger partial charge on any atom is 0.336 e. The van der Waals surface area contributed by atoms with Gasteiger partial charge in [-0.1, -0.05) is 17.7 Å². The fourth-order valence-corrected chi connectivity index (χ4v) is 1.33. The number of benzene rings is 1. The summed E-state index contributed by atoms with van der Waals surface area (Å²) in [4.78, 5) is 31.6. The third-order valence-electron chi connectivity index (χ3n) is 3.47. The molecule has 1 rings (SSSR count). The van der Waals surface area contributed by atoms with E-state index in [1.54, 1.807) is 6.92 Å². The first-order valence-corrected chi connectivity index (χ1v) is 9.41. The van der Waals surface area contributed by atoms with Crippen LogP contribution >= 0.6 is 0 Å². The van der Waals surface area contributed by atoms with Crippen LogP contribution in [0.1, 0.15) is 41.5 Å². The maximum atomic E-state index is 10.7. The zero-order valence-corrected chi connectivity index (χ0v) is 19.0. The summed E-state index contributed by atoms with van der Waals surface area (Å²) in [5.74, 6) is -2.70. The van der Waals surface area contributed by atoms with E-state index in [0.717, 1.165) is 5.57 Å². The van der Waals surface area contributed by atoms with Crippen molar-refractivity contribution in [1.82, 2.24) is 0 Å². The summed E-state index contributed by atoms with van der Waals surface area (Å²) in [6.45, 7) is 4.06. The molecule has 0 aliphatic carbocycles. The summed E-state index contributed by atoms with van der Waals surface area (Å²) in [7, 11) is 1.38. The molecular formula is C21H34O12. The molecule has 0 bridgehead atoms. The molecule has 0 saturated carbocycles. The van der Waals surface area contributed by atoms with Crippen molar-refractivity contribution >= 4 is 17.9 Å². The van der Waals surface area contributed by atoms with E-state index in [0.29, 0.717) is 5.57 Å². The van der Waals surface area contributed by atoms with Gasteiger partial charge in [0.05, 0.1) is 44.7 Å². The molecule has 0 aliphatic heterocycles. The molecule has 0 fully saturated rings. The maximum absolute atomic E-state index is 10.7. The second kappa shape index (κ2) is 21.0. The Kier molecular flexibility index (Phi) is 22.1. The molecule has 0 amide bonds. The fraction of sp³-hybridized carbons (Fsp3) is 0.476. The van der Waals surface area contributed by atoms with Crippen LogP contribution < -0.4 is 0 Å². The first-order valence-electron chi connectivity index (χ1n) is 9.41. The lowest BCUT2D eigenvalue weighted by molar-refractivity contribution is -0.136. The van der Waals surface area contributed by atoms with Crippen LogP contribution in [-0.4, -0.2) is 105 Å². The minimum atomic E-state index is -1.23. The molecule has 0 aliphatic rings. The summed E-state index contributed by atoms with van der Waals surface area (Å²) in [5, 5.41) is 65.1. The van der Waals surface area contributed by atoms with Crippen molar-refractivity contribution < 1.29 is 60.0 Å². The van der Waals surface area contributed by atoms with Gasteiger partial charge in [-0.25, -0.2) is 14.4 Å². The number of aliphatic hydroxyl groups is 6. The number of carbonyl (C=O) groups is 3. The second-order valence-electron chi connectivity index (χ2n) is 6.31. The van der Waals surface area contributed by atoms with Gasteiger partial charge in [-0.3, -0.25) is 0 Å². The molecule has 0 atom stereocenters. The monoisotopic (exact) mass is 478 g/mol. The highest BCUT2D eigenvalue weighted by atomic mass is 16.5. The third-order valence-corrected chi connectivity index (χ3v) is 3.47. The summed E-state index contributed by atoms with van der Waals surface area (Å²) in [5.41, 5.74) is 1.31. The number of carbonyl (C=O) groups excluding carboxylic acids is 1. The lowest BCUT2D eigenvalue weighted by atomic mass is 10.1. The molecule has 1 aromatic carbocycles. The Labute approximate surface area is 191 Å². The Morgan fingerprint density at radius 2 is 1.06 bits per heavy atom. The summed E-state index contributed by atoms with van der Waals surface area (Å²) >= 11 is 0. The van der Waals surface area contributed by atoms with Gasteiger partial charge in [0.2, 0.25) is 0 Å². The van der Waals surface area contributed by atoms with Crippen molar-refractivity contribution in [2.75, 3.05) is 33.5 Å². The van der Waals surface area contributed by atoms with E-state index >= 15 is 0 Å². The number of carboxylic acids is 2. The molecule has 12 nitrogen and oxygen atoms in total. The predicted molar refractivity (Wildman–Crippen MR) is 117 cm³/mol. The Hall–Kier alpha value is -2.87. The molecule has 0 saturated heterocycles. The number of hydrogen-bond donors (Lipinski definition) is 8. The van der Waals surface area contributed by atoms with E-state index in [9.17, 15) is 14.4 Å². The number of aromatic carboxylic acids is 2. The molecule has 33 heavy (non-hydrogen) atoms. The minimum absolute atomic E-state index is 0.190. The molecule has 0 heterocycles. The number of methoxy groups -OCH3 is 1. The van der Waals surface area contributed by atoms with Crippen LogP contribution in [0.15, 0.2) is 35.4 Å². The molecule has 12 heteroatoms. The average Bonchev–Trinajstić information content (AvgIpc) is 2.82. The van der Waals surface area contributed by atoms with E-state index < -0.39 is 24.1 Å². The zero-order valence-electron chi connectivity index (χ0n) is 19.0.